The highest BCUT2D eigenvalue weighted by Gasteiger charge is 2.29. The molecule has 1 aromatic carbocycles. The Hall–Kier alpha value is -2.68. The second-order valence-corrected chi connectivity index (χ2v) is 10.4. The van der Waals surface area contributed by atoms with E-state index < -0.39 is 0 Å². The van der Waals surface area contributed by atoms with Crippen molar-refractivity contribution in [1.82, 2.24) is 5.32 Å². The normalized spacial score (nSPS) is 12.9. The SMILES string of the molecule is C=C/C(C)=C(\C)NC(=C)c1ccc(Oc2cc(C(C)(C)CC(C)(C)C)c(C)cc2C)o1. The number of ether oxygens (including phenoxy) is 1. The van der Waals surface area contributed by atoms with Crippen LogP contribution in [0.15, 0.2) is 59.2 Å². The molecule has 0 bridgehead atoms. The van der Waals surface area contributed by atoms with Gasteiger partial charge in [0.05, 0.1) is 5.70 Å². The molecule has 0 saturated carbocycles. The molecule has 1 aromatic heterocycles. The van der Waals surface area contributed by atoms with E-state index in [-0.39, 0.29) is 10.8 Å². The summed E-state index contributed by atoms with van der Waals surface area (Å²) in [5.74, 6) is 1.91. The van der Waals surface area contributed by atoms with E-state index in [1.807, 2.05) is 32.1 Å². The van der Waals surface area contributed by atoms with Crippen LogP contribution < -0.4 is 10.1 Å². The Kier molecular flexibility index (Phi) is 7.31. The van der Waals surface area contributed by atoms with E-state index in [2.05, 4.69) is 79.1 Å². The van der Waals surface area contributed by atoms with Crippen LogP contribution in [0.2, 0.25) is 0 Å². The van der Waals surface area contributed by atoms with Crippen LogP contribution >= 0.6 is 0 Å². The third kappa shape index (κ3) is 6.40. The summed E-state index contributed by atoms with van der Waals surface area (Å²) in [6.45, 7) is 27.6. The van der Waals surface area contributed by atoms with Crippen molar-refractivity contribution in [2.75, 3.05) is 0 Å². The van der Waals surface area contributed by atoms with Crippen molar-refractivity contribution in [2.45, 2.75) is 74.1 Å². The summed E-state index contributed by atoms with van der Waals surface area (Å²) in [5.41, 5.74) is 6.68. The molecule has 3 heteroatoms. The lowest BCUT2D eigenvalue weighted by Crippen LogP contribution is -2.25. The Morgan fingerprint density at radius 2 is 1.71 bits per heavy atom. The zero-order valence-corrected chi connectivity index (χ0v) is 20.8. The van der Waals surface area contributed by atoms with Gasteiger partial charge in [0.2, 0.25) is 0 Å². The largest absolute Gasteiger partial charge is 0.426 e. The van der Waals surface area contributed by atoms with Crippen molar-refractivity contribution >= 4 is 5.70 Å². The summed E-state index contributed by atoms with van der Waals surface area (Å²) in [7, 11) is 0. The van der Waals surface area contributed by atoms with Gasteiger partial charge in [0.25, 0.3) is 5.95 Å². The third-order valence-electron chi connectivity index (χ3n) is 5.55. The molecule has 0 fully saturated rings. The van der Waals surface area contributed by atoms with E-state index >= 15 is 0 Å². The maximum atomic E-state index is 6.17. The van der Waals surface area contributed by atoms with Crippen molar-refractivity contribution in [3.8, 4) is 11.7 Å². The molecule has 0 unspecified atom stereocenters. The molecule has 0 atom stereocenters. The fourth-order valence-corrected chi connectivity index (χ4v) is 4.28. The van der Waals surface area contributed by atoms with Crippen molar-refractivity contribution in [1.29, 1.82) is 0 Å². The van der Waals surface area contributed by atoms with Gasteiger partial charge in [-0.2, -0.15) is 0 Å². The summed E-state index contributed by atoms with van der Waals surface area (Å²) in [6.07, 6.45) is 2.89. The van der Waals surface area contributed by atoms with E-state index in [1.54, 1.807) is 0 Å². The van der Waals surface area contributed by atoms with Gasteiger partial charge in [-0.25, -0.2) is 0 Å². The highest BCUT2D eigenvalue weighted by molar-refractivity contribution is 5.59. The molecule has 0 saturated heterocycles. The van der Waals surface area contributed by atoms with Crippen LogP contribution in [0.1, 0.15) is 77.3 Å². The number of benzene rings is 1. The highest BCUT2D eigenvalue weighted by Crippen LogP contribution is 2.40. The monoisotopic (exact) mass is 421 g/mol. The van der Waals surface area contributed by atoms with Crippen LogP contribution in [0, 0.1) is 19.3 Å². The zero-order valence-electron chi connectivity index (χ0n) is 20.8. The number of hydrogen-bond acceptors (Lipinski definition) is 3. The Labute approximate surface area is 188 Å². The van der Waals surface area contributed by atoms with Gasteiger partial charge in [0.15, 0.2) is 5.76 Å². The van der Waals surface area contributed by atoms with Crippen molar-refractivity contribution < 1.29 is 9.15 Å². The van der Waals surface area contributed by atoms with E-state index in [0.29, 0.717) is 17.4 Å². The molecule has 0 aliphatic heterocycles. The van der Waals surface area contributed by atoms with Gasteiger partial charge in [-0.15, -0.1) is 0 Å². The van der Waals surface area contributed by atoms with Crippen LogP contribution in [-0.4, -0.2) is 0 Å². The van der Waals surface area contributed by atoms with Gasteiger partial charge in [-0.05, 0) is 79.3 Å². The maximum absolute atomic E-state index is 6.17. The van der Waals surface area contributed by atoms with Crippen LogP contribution in [-0.2, 0) is 5.41 Å². The minimum absolute atomic E-state index is 0.0353. The van der Waals surface area contributed by atoms with Gasteiger partial charge in [-0.1, -0.05) is 59.9 Å². The fourth-order valence-electron chi connectivity index (χ4n) is 4.28. The number of aryl methyl sites for hydroxylation is 2. The Morgan fingerprint density at radius 3 is 2.29 bits per heavy atom. The molecule has 0 amide bonds. The molecule has 2 aromatic rings. The number of allylic oxidation sites excluding steroid dienone is 3. The molecule has 1 heterocycles. The minimum atomic E-state index is 0.0353. The van der Waals surface area contributed by atoms with Gasteiger partial charge >= 0.3 is 0 Å². The van der Waals surface area contributed by atoms with Gasteiger partial charge in [0, 0.05) is 11.8 Å². The first-order chi connectivity index (χ1) is 14.2. The van der Waals surface area contributed by atoms with Crippen LogP contribution in [0.5, 0.6) is 11.7 Å². The molecule has 1 N–H and O–H groups in total. The molecule has 168 valence electrons. The van der Waals surface area contributed by atoms with Crippen LogP contribution in [0.4, 0.5) is 0 Å². The van der Waals surface area contributed by atoms with E-state index in [9.17, 15) is 0 Å². The molecule has 3 nitrogen and oxygen atoms in total. The van der Waals surface area contributed by atoms with Gasteiger partial charge in [0.1, 0.15) is 5.75 Å². The molecule has 0 aliphatic carbocycles. The standard InChI is InChI=1S/C28H39NO2/c1-12-18(2)21(5)29-22(6)24-13-14-26(30-24)31-25-16-23(19(3)15-20(25)4)28(10,11)17-27(7,8)9/h12-16,29H,1,6,17H2,2-5,7-11H3/b21-18+. The maximum Gasteiger partial charge on any atom is 0.290 e. The van der Waals surface area contributed by atoms with E-state index in [4.69, 9.17) is 9.15 Å². The van der Waals surface area contributed by atoms with Crippen LogP contribution in [0.3, 0.4) is 0 Å². The lowest BCUT2D eigenvalue weighted by molar-refractivity contribution is 0.282. The molecule has 0 spiro atoms. The average molecular weight is 422 g/mol. The molecule has 0 aliphatic rings. The quantitative estimate of drug-likeness (QED) is 0.434. The van der Waals surface area contributed by atoms with Crippen molar-refractivity contribution in [3.63, 3.8) is 0 Å². The van der Waals surface area contributed by atoms with Gasteiger partial charge < -0.3 is 14.5 Å². The smallest absolute Gasteiger partial charge is 0.290 e. The first kappa shape index (κ1) is 24.6. The Bertz CT molecular complexity index is 997. The lowest BCUT2D eigenvalue weighted by Gasteiger charge is -2.34. The number of rotatable bonds is 8. The first-order valence-electron chi connectivity index (χ1n) is 10.9. The highest BCUT2D eigenvalue weighted by atomic mass is 16.6. The average Bonchev–Trinajstić information content (AvgIpc) is 3.09. The lowest BCUT2D eigenvalue weighted by atomic mass is 9.71. The summed E-state index contributed by atoms with van der Waals surface area (Å²) in [4.78, 5) is 0. The van der Waals surface area contributed by atoms with Gasteiger partial charge in [-0.3, -0.25) is 0 Å². The third-order valence-corrected chi connectivity index (χ3v) is 5.55. The van der Waals surface area contributed by atoms with Crippen molar-refractivity contribution in [2.24, 2.45) is 5.41 Å². The predicted octanol–water partition coefficient (Wildman–Crippen LogP) is 8.44. The molecular weight excluding hydrogens is 382 g/mol. The summed E-state index contributed by atoms with van der Waals surface area (Å²) < 4.78 is 12.1. The summed E-state index contributed by atoms with van der Waals surface area (Å²) in [6, 6.07) is 8.08. The molecular formula is C28H39NO2. The van der Waals surface area contributed by atoms with Crippen LogP contribution in [0.25, 0.3) is 5.70 Å². The number of nitrogens with one attached hydrogen (secondary N) is 1. The Balaban J connectivity index is 2.28. The van der Waals surface area contributed by atoms with E-state index in [1.165, 1.54) is 11.1 Å². The fraction of sp³-hybridized carbons (Fsp3) is 0.429. The molecule has 31 heavy (non-hydrogen) atoms. The van der Waals surface area contributed by atoms with Crippen molar-refractivity contribution in [3.05, 3.63) is 77.2 Å². The molecule has 0 radical (unpaired) electrons. The Morgan fingerprint density at radius 1 is 1.06 bits per heavy atom. The predicted molar refractivity (Wildman–Crippen MR) is 133 cm³/mol. The summed E-state index contributed by atoms with van der Waals surface area (Å²) >= 11 is 0. The summed E-state index contributed by atoms with van der Waals surface area (Å²) in [5, 5.41) is 3.26. The number of hydrogen-bond donors (Lipinski definition) is 1. The number of furan rings is 1. The first-order valence-corrected chi connectivity index (χ1v) is 10.9. The molecule has 2 rings (SSSR count). The second-order valence-electron chi connectivity index (χ2n) is 10.4. The topological polar surface area (TPSA) is 34.4 Å². The van der Waals surface area contributed by atoms with E-state index in [0.717, 1.165) is 29.0 Å². The minimum Gasteiger partial charge on any atom is -0.426 e. The second kappa shape index (κ2) is 9.21. The zero-order chi connectivity index (χ0) is 23.6.